The summed E-state index contributed by atoms with van der Waals surface area (Å²) in [7, 11) is 0. The number of nitrogens with zero attached hydrogens (tertiary/aromatic N) is 3. The summed E-state index contributed by atoms with van der Waals surface area (Å²) in [4.78, 5) is 14.1. The third-order valence-electron chi connectivity index (χ3n) is 3.72. The SMILES string of the molecule is Nc1ccc(-n2ccc(C(=O)N3CCC(O)CC3)n2)cc1. The number of aliphatic hydroxyl groups is 1. The number of carbonyl (C=O) groups excluding carboxylic acids is 1. The van der Waals surface area contributed by atoms with Gasteiger partial charge in [0.15, 0.2) is 5.69 Å². The Morgan fingerprint density at radius 3 is 2.52 bits per heavy atom. The van der Waals surface area contributed by atoms with Crippen molar-refractivity contribution >= 4 is 11.6 Å². The van der Waals surface area contributed by atoms with E-state index in [1.165, 1.54) is 0 Å². The zero-order valence-electron chi connectivity index (χ0n) is 11.6. The molecule has 0 spiro atoms. The van der Waals surface area contributed by atoms with Crippen molar-refractivity contribution in [3.63, 3.8) is 0 Å². The van der Waals surface area contributed by atoms with Gasteiger partial charge in [0.2, 0.25) is 0 Å². The fraction of sp³-hybridized carbons (Fsp3) is 0.333. The predicted octanol–water partition coefficient (Wildman–Crippen LogP) is 1.05. The van der Waals surface area contributed by atoms with E-state index in [2.05, 4.69) is 5.10 Å². The van der Waals surface area contributed by atoms with Crippen molar-refractivity contribution in [2.45, 2.75) is 18.9 Å². The Morgan fingerprint density at radius 2 is 1.86 bits per heavy atom. The maximum atomic E-state index is 12.4. The molecule has 0 unspecified atom stereocenters. The highest BCUT2D eigenvalue weighted by Gasteiger charge is 2.23. The molecule has 0 radical (unpaired) electrons. The molecule has 2 aromatic rings. The summed E-state index contributed by atoms with van der Waals surface area (Å²) >= 11 is 0. The molecule has 1 aliphatic heterocycles. The van der Waals surface area contributed by atoms with Crippen LogP contribution in [-0.4, -0.2) is 44.9 Å². The molecular formula is C15H18N4O2. The molecule has 0 bridgehead atoms. The quantitative estimate of drug-likeness (QED) is 0.808. The number of benzene rings is 1. The number of aliphatic hydroxyl groups excluding tert-OH is 1. The van der Waals surface area contributed by atoms with E-state index in [0.29, 0.717) is 37.3 Å². The number of piperidine rings is 1. The lowest BCUT2D eigenvalue weighted by atomic mass is 10.1. The van der Waals surface area contributed by atoms with Crippen LogP contribution in [0.5, 0.6) is 0 Å². The average Bonchev–Trinajstić information content (AvgIpc) is 2.98. The molecule has 1 amide bonds. The van der Waals surface area contributed by atoms with E-state index in [1.807, 2.05) is 12.1 Å². The van der Waals surface area contributed by atoms with E-state index < -0.39 is 0 Å². The molecule has 1 fully saturated rings. The Bertz CT molecular complexity index is 627. The van der Waals surface area contributed by atoms with E-state index in [0.717, 1.165) is 5.69 Å². The summed E-state index contributed by atoms with van der Waals surface area (Å²) in [5.41, 5.74) is 7.62. The molecule has 1 saturated heterocycles. The van der Waals surface area contributed by atoms with Gasteiger partial charge in [-0.25, -0.2) is 4.68 Å². The lowest BCUT2D eigenvalue weighted by Crippen LogP contribution is -2.40. The Kier molecular flexibility index (Phi) is 3.62. The summed E-state index contributed by atoms with van der Waals surface area (Å²) in [6.45, 7) is 1.16. The zero-order chi connectivity index (χ0) is 14.8. The molecule has 3 N–H and O–H groups in total. The molecule has 21 heavy (non-hydrogen) atoms. The first-order chi connectivity index (χ1) is 10.1. The average molecular weight is 286 g/mol. The Hall–Kier alpha value is -2.34. The second-order valence-corrected chi connectivity index (χ2v) is 5.26. The minimum Gasteiger partial charge on any atom is -0.399 e. The largest absolute Gasteiger partial charge is 0.399 e. The third-order valence-corrected chi connectivity index (χ3v) is 3.72. The summed E-state index contributed by atoms with van der Waals surface area (Å²) < 4.78 is 1.66. The Labute approximate surface area is 122 Å². The highest BCUT2D eigenvalue weighted by molar-refractivity contribution is 5.92. The van der Waals surface area contributed by atoms with Crippen molar-refractivity contribution in [2.24, 2.45) is 0 Å². The highest BCUT2D eigenvalue weighted by Crippen LogP contribution is 2.15. The number of likely N-dealkylation sites (tertiary alicyclic amines) is 1. The summed E-state index contributed by atoms with van der Waals surface area (Å²) in [6.07, 6.45) is 2.73. The molecule has 0 saturated carbocycles. The highest BCUT2D eigenvalue weighted by atomic mass is 16.3. The van der Waals surface area contributed by atoms with Gasteiger partial charge in [-0.3, -0.25) is 4.79 Å². The van der Waals surface area contributed by atoms with Crippen LogP contribution in [-0.2, 0) is 0 Å². The van der Waals surface area contributed by atoms with Crippen LogP contribution in [0.4, 0.5) is 5.69 Å². The van der Waals surface area contributed by atoms with Gasteiger partial charge in [-0.15, -0.1) is 0 Å². The smallest absolute Gasteiger partial charge is 0.274 e. The van der Waals surface area contributed by atoms with Gasteiger partial charge in [0.05, 0.1) is 11.8 Å². The monoisotopic (exact) mass is 286 g/mol. The van der Waals surface area contributed by atoms with Crippen molar-refractivity contribution in [1.29, 1.82) is 0 Å². The number of amides is 1. The fourth-order valence-electron chi connectivity index (χ4n) is 2.44. The van der Waals surface area contributed by atoms with Crippen LogP contribution in [0.2, 0.25) is 0 Å². The topological polar surface area (TPSA) is 84.4 Å². The van der Waals surface area contributed by atoms with E-state index in [9.17, 15) is 9.90 Å². The number of hydrogen-bond donors (Lipinski definition) is 2. The standard InChI is InChI=1S/C15H18N4O2/c16-11-1-3-12(4-2-11)19-10-7-14(17-19)15(21)18-8-5-13(20)6-9-18/h1-4,7,10,13,20H,5-6,8-9,16H2. The van der Waals surface area contributed by atoms with Gasteiger partial charge in [-0.05, 0) is 43.2 Å². The van der Waals surface area contributed by atoms with E-state index in [-0.39, 0.29) is 12.0 Å². The molecular weight excluding hydrogens is 268 g/mol. The number of hydrogen-bond acceptors (Lipinski definition) is 4. The van der Waals surface area contributed by atoms with Crippen LogP contribution in [0, 0.1) is 0 Å². The van der Waals surface area contributed by atoms with Crippen LogP contribution in [0.3, 0.4) is 0 Å². The van der Waals surface area contributed by atoms with Gasteiger partial charge in [0.25, 0.3) is 5.91 Å². The molecule has 110 valence electrons. The Morgan fingerprint density at radius 1 is 1.19 bits per heavy atom. The van der Waals surface area contributed by atoms with E-state index >= 15 is 0 Å². The second kappa shape index (κ2) is 5.57. The molecule has 1 aromatic carbocycles. The number of nitrogen functional groups attached to an aromatic ring is 1. The molecule has 0 atom stereocenters. The van der Waals surface area contributed by atoms with Gasteiger partial charge in [-0.1, -0.05) is 0 Å². The summed E-state index contributed by atoms with van der Waals surface area (Å²) in [6, 6.07) is 9.01. The number of anilines is 1. The number of carbonyl (C=O) groups is 1. The Balaban J connectivity index is 1.75. The van der Waals surface area contributed by atoms with Crippen molar-refractivity contribution in [1.82, 2.24) is 14.7 Å². The lowest BCUT2D eigenvalue weighted by molar-refractivity contribution is 0.0541. The zero-order valence-corrected chi connectivity index (χ0v) is 11.6. The van der Waals surface area contributed by atoms with Gasteiger partial charge in [-0.2, -0.15) is 5.10 Å². The number of aromatic nitrogens is 2. The minimum absolute atomic E-state index is 0.0869. The summed E-state index contributed by atoms with van der Waals surface area (Å²) in [5.74, 6) is -0.0869. The molecule has 1 aromatic heterocycles. The van der Waals surface area contributed by atoms with Gasteiger partial charge in [0.1, 0.15) is 0 Å². The van der Waals surface area contributed by atoms with E-state index in [4.69, 9.17) is 5.73 Å². The number of rotatable bonds is 2. The van der Waals surface area contributed by atoms with Crippen LogP contribution in [0.1, 0.15) is 23.3 Å². The van der Waals surface area contributed by atoms with Crippen molar-refractivity contribution < 1.29 is 9.90 Å². The number of nitrogens with two attached hydrogens (primary N) is 1. The first-order valence-corrected chi connectivity index (χ1v) is 7.02. The minimum atomic E-state index is -0.290. The van der Waals surface area contributed by atoms with Crippen LogP contribution in [0.25, 0.3) is 5.69 Å². The first kappa shape index (κ1) is 13.6. The van der Waals surface area contributed by atoms with Gasteiger partial charge in [0, 0.05) is 25.0 Å². The molecule has 3 rings (SSSR count). The van der Waals surface area contributed by atoms with E-state index in [1.54, 1.807) is 34.0 Å². The predicted molar refractivity (Wildman–Crippen MR) is 79.1 cm³/mol. The summed E-state index contributed by atoms with van der Waals surface area (Å²) in [5, 5.41) is 13.8. The molecule has 6 heteroatoms. The van der Waals surface area contributed by atoms with Crippen LogP contribution in [0.15, 0.2) is 36.5 Å². The van der Waals surface area contributed by atoms with Crippen molar-refractivity contribution in [2.75, 3.05) is 18.8 Å². The molecule has 1 aliphatic rings. The first-order valence-electron chi connectivity index (χ1n) is 7.02. The van der Waals surface area contributed by atoms with Crippen LogP contribution < -0.4 is 5.73 Å². The molecule has 2 heterocycles. The van der Waals surface area contributed by atoms with Gasteiger partial charge < -0.3 is 15.7 Å². The normalized spacial score (nSPS) is 16.1. The van der Waals surface area contributed by atoms with Crippen molar-refractivity contribution in [3.8, 4) is 5.69 Å². The molecule has 6 nitrogen and oxygen atoms in total. The maximum absolute atomic E-state index is 12.4. The maximum Gasteiger partial charge on any atom is 0.274 e. The fourth-order valence-corrected chi connectivity index (χ4v) is 2.44. The molecule has 0 aliphatic carbocycles. The third kappa shape index (κ3) is 2.90. The van der Waals surface area contributed by atoms with Crippen molar-refractivity contribution in [3.05, 3.63) is 42.2 Å². The lowest BCUT2D eigenvalue weighted by Gasteiger charge is -2.28. The second-order valence-electron chi connectivity index (χ2n) is 5.26. The van der Waals surface area contributed by atoms with Crippen LogP contribution >= 0.6 is 0 Å². The van der Waals surface area contributed by atoms with Gasteiger partial charge >= 0.3 is 0 Å².